The van der Waals surface area contributed by atoms with Crippen LogP contribution in [0.4, 0.5) is 0 Å². The number of carbonyl (C=O) groups excluding carboxylic acids is 1. The van der Waals surface area contributed by atoms with E-state index in [-0.39, 0.29) is 11.9 Å². The number of nitrogens with one attached hydrogen (secondary N) is 2. The fourth-order valence-electron chi connectivity index (χ4n) is 1.01. The predicted molar refractivity (Wildman–Crippen MR) is 58.5 cm³/mol. The third-order valence-electron chi connectivity index (χ3n) is 2.05. The van der Waals surface area contributed by atoms with E-state index in [0.717, 1.165) is 5.33 Å². The van der Waals surface area contributed by atoms with Crippen LogP contribution in [0.3, 0.4) is 0 Å². The first kappa shape index (κ1) is 11.2. The van der Waals surface area contributed by atoms with E-state index in [4.69, 9.17) is 0 Å². The molecule has 0 aliphatic heterocycles. The minimum absolute atomic E-state index is 0.0862. The molecule has 1 atom stereocenters. The summed E-state index contributed by atoms with van der Waals surface area (Å²) in [5.74, 6) is 0.321. The molecule has 4 nitrogen and oxygen atoms in total. The van der Waals surface area contributed by atoms with E-state index in [1.54, 1.807) is 6.20 Å². The normalized spacial score (nSPS) is 12.9. The number of hydrogen-bond donors (Lipinski definition) is 2. The van der Waals surface area contributed by atoms with Crippen molar-refractivity contribution in [2.45, 2.75) is 19.9 Å². The van der Waals surface area contributed by atoms with Crippen LogP contribution in [0.15, 0.2) is 12.4 Å². The van der Waals surface area contributed by atoms with Gasteiger partial charge in [0.2, 0.25) is 0 Å². The van der Waals surface area contributed by atoms with Gasteiger partial charge in [-0.25, -0.2) is 0 Å². The highest BCUT2D eigenvalue weighted by molar-refractivity contribution is 9.09. The highest BCUT2D eigenvalue weighted by atomic mass is 79.9. The largest absolute Gasteiger partial charge is 0.348 e. The molecule has 1 aromatic heterocycles. The Bertz CT molecular complexity index is 284. The third-order valence-corrected chi connectivity index (χ3v) is 2.75. The van der Waals surface area contributed by atoms with Gasteiger partial charge in [-0.3, -0.25) is 9.89 Å². The first-order chi connectivity index (χ1) is 6.65. The van der Waals surface area contributed by atoms with Crippen LogP contribution in [0.2, 0.25) is 0 Å². The smallest absolute Gasteiger partial charge is 0.254 e. The Hall–Kier alpha value is -0.840. The zero-order chi connectivity index (χ0) is 10.6. The molecule has 0 aliphatic rings. The molecule has 0 aliphatic carbocycles. The summed E-state index contributed by atoms with van der Waals surface area (Å²) < 4.78 is 0. The Morgan fingerprint density at radius 3 is 2.86 bits per heavy atom. The summed E-state index contributed by atoms with van der Waals surface area (Å²) >= 11 is 3.37. The van der Waals surface area contributed by atoms with Gasteiger partial charge in [0.15, 0.2) is 0 Å². The average Bonchev–Trinajstić information content (AvgIpc) is 2.65. The first-order valence-corrected chi connectivity index (χ1v) is 5.63. The number of aromatic nitrogens is 2. The molecule has 0 saturated heterocycles. The molecule has 0 fully saturated rings. The van der Waals surface area contributed by atoms with Crippen LogP contribution in [0.1, 0.15) is 24.2 Å². The second-order valence-corrected chi connectivity index (χ2v) is 4.11. The lowest BCUT2D eigenvalue weighted by atomic mass is 10.1. The molecule has 1 rings (SSSR count). The van der Waals surface area contributed by atoms with Crippen molar-refractivity contribution < 1.29 is 4.79 Å². The van der Waals surface area contributed by atoms with Gasteiger partial charge in [-0.05, 0) is 5.92 Å². The van der Waals surface area contributed by atoms with Crippen LogP contribution in [-0.2, 0) is 0 Å². The number of alkyl halides is 1. The highest BCUT2D eigenvalue weighted by Crippen LogP contribution is 2.06. The topological polar surface area (TPSA) is 57.8 Å². The maximum Gasteiger partial charge on any atom is 0.254 e. The molecular weight excluding hydrogens is 246 g/mol. The lowest BCUT2D eigenvalue weighted by Crippen LogP contribution is -2.39. The van der Waals surface area contributed by atoms with Crippen LogP contribution in [-0.4, -0.2) is 27.5 Å². The molecule has 1 heterocycles. The maximum absolute atomic E-state index is 11.6. The predicted octanol–water partition coefficient (Wildman–Crippen LogP) is 1.56. The monoisotopic (exact) mass is 259 g/mol. The van der Waals surface area contributed by atoms with E-state index in [1.807, 2.05) is 0 Å². The van der Waals surface area contributed by atoms with Crippen molar-refractivity contribution in [3.05, 3.63) is 18.0 Å². The number of nitrogens with zero attached hydrogens (tertiary/aromatic N) is 1. The zero-order valence-corrected chi connectivity index (χ0v) is 9.84. The number of halogens is 1. The van der Waals surface area contributed by atoms with Crippen LogP contribution >= 0.6 is 15.9 Å². The van der Waals surface area contributed by atoms with Crippen molar-refractivity contribution in [2.75, 3.05) is 5.33 Å². The minimum Gasteiger partial charge on any atom is -0.348 e. The van der Waals surface area contributed by atoms with Crippen molar-refractivity contribution in [3.8, 4) is 0 Å². The van der Waals surface area contributed by atoms with Gasteiger partial charge in [0.25, 0.3) is 5.91 Å². The zero-order valence-electron chi connectivity index (χ0n) is 8.25. The SMILES string of the molecule is CC(C)C(CBr)NC(=O)c1cn[nH]c1. The number of rotatable bonds is 4. The molecule has 0 saturated carbocycles. The molecule has 1 amide bonds. The van der Waals surface area contributed by atoms with Crippen molar-refractivity contribution in [1.29, 1.82) is 0 Å². The summed E-state index contributed by atoms with van der Waals surface area (Å²) in [6, 6.07) is 0.150. The Labute approximate surface area is 91.6 Å². The minimum atomic E-state index is -0.0862. The molecule has 2 N–H and O–H groups in total. The molecule has 14 heavy (non-hydrogen) atoms. The number of hydrogen-bond acceptors (Lipinski definition) is 2. The van der Waals surface area contributed by atoms with E-state index in [0.29, 0.717) is 11.5 Å². The van der Waals surface area contributed by atoms with E-state index in [2.05, 4.69) is 45.3 Å². The number of aromatic amines is 1. The summed E-state index contributed by atoms with van der Waals surface area (Å²) in [7, 11) is 0. The summed E-state index contributed by atoms with van der Waals surface area (Å²) in [6.45, 7) is 4.14. The van der Waals surface area contributed by atoms with Gasteiger partial charge < -0.3 is 5.32 Å². The Kier molecular flexibility index (Phi) is 4.13. The van der Waals surface area contributed by atoms with Crippen molar-refractivity contribution >= 4 is 21.8 Å². The van der Waals surface area contributed by atoms with Crippen LogP contribution in [0.25, 0.3) is 0 Å². The van der Waals surface area contributed by atoms with Crippen molar-refractivity contribution in [2.24, 2.45) is 5.92 Å². The molecule has 0 spiro atoms. The Morgan fingerprint density at radius 2 is 2.43 bits per heavy atom. The van der Waals surface area contributed by atoms with Crippen molar-refractivity contribution in [3.63, 3.8) is 0 Å². The highest BCUT2D eigenvalue weighted by Gasteiger charge is 2.16. The summed E-state index contributed by atoms with van der Waals surface area (Å²) in [5.41, 5.74) is 0.566. The Morgan fingerprint density at radius 1 is 1.71 bits per heavy atom. The molecule has 1 aromatic rings. The molecule has 78 valence electrons. The van der Waals surface area contributed by atoms with Gasteiger partial charge in [0, 0.05) is 17.6 Å². The van der Waals surface area contributed by atoms with Crippen molar-refractivity contribution in [1.82, 2.24) is 15.5 Å². The molecule has 5 heteroatoms. The Balaban J connectivity index is 2.56. The molecule has 0 aromatic carbocycles. The van der Waals surface area contributed by atoms with Crippen LogP contribution < -0.4 is 5.32 Å². The standard InChI is InChI=1S/C9H14BrN3O/c1-6(2)8(3-10)13-9(14)7-4-11-12-5-7/h4-6,8H,3H2,1-2H3,(H,11,12)(H,13,14). The average molecular weight is 260 g/mol. The molecule has 0 bridgehead atoms. The number of H-pyrrole nitrogens is 1. The lowest BCUT2D eigenvalue weighted by Gasteiger charge is -2.19. The van der Waals surface area contributed by atoms with Gasteiger partial charge in [-0.2, -0.15) is 5.10 Å². The van der Waals surface area contributed by atoms with Gasteiger partial charge in [-0.1, -0.05) is 29.8 Å². The fourth-order valence-corrected chi connectivity index (χ4v) is 1.92. The summed E-state index contributed by atoms with van der Waals surface area (Å²) in [5, 5.41) is 10.0. The van der Waals surface area contributed by atoms with E-state index in [9.17, 15) is 4.79 Å². The summed E-state index contributed by atoms with van der Waals surface area (Å²) in [6.07, 6.45) is 3.10. The van der Waals surface area contributed by atoms with E-state index >= 15 is 0 Å². The second kappa shape index (κ2) is 5.14. The van der Waals surface area contributed by atoms with Crippen LogP contribution in [0.5, 0.6) is 0 Å². The van der Waals surface area contributed by atoms with Gasteiger partial charge in [0.1, 0.15) is 0 Å². The van der Waals surface area contributed by atoms with E-state index < -0.39 is 0 Å². The summed E-state index contributed by atoms with van der Waals surface area (Å²) in [4.78, 5) is 11.6. The van der Waals surface area contributed by atoms with Gasteiger partial charge in [0.05, 0.1) is 11.8 Å². The van der Waals surface area contributed by atoms with E-state index in [1.165, 1.54) is 6.20 Å². The lowest BCUT2D eigenvalue weighted by molar-refractivity contribution is 0.0932. The quantitative estimate of drug-likeness (QED) is 0.807. The fraction of sp³-hybridized carbons (Fsp3) is 0.556. The van der Waals surface area contributed by atoms with Gasteiger partial charge >= 0.3 is 0 Å². The maximum atomic E-state index is 11.6. The first-order valence-electron chi connectivity index (χ1n) is 4.50. The number of carbonyl (C=O) groups is 1. The molecule has 0 radical (unpaired) electrons. The third kappa shape index (κ3) is 2.83. The van der Waals surface area contributed by atoms with Gasteiger partial charge in [-0.15, -0.1) is 0 Å². The second-order valence-electron chi connectivity index (χ2n) is 3.47. The molecule has 1 unspecified atom stereocenters. The number of amides is 1. The molecular formula is C9H14BrN3O. The van der Waals surface area contributed by atoms with Crippen LogP contribution in [0, 0.1) is 5.92 Å².